The Balaban J connectivity index is 1.46. The molecule has 2 aliphatic rings. The Morgan fingerprint density at radius 1 is 1.13 bits per heavy atom. The first-order valence-corrected chi connectivity index (χ1v) is 12.0. The summed E-state index contributed by atoms with van der Waals surface area (Å²) in [6.45, 7) is 0.691. The summed E-state index contributed by atoms with van der Waals surface area (Å²) in [5.41, 5.74) is 3.63. The molecule has 0 atom stereocenters. The number of aryl methyl sites for hydroxylation is 1. The molecule has 1 aromatic heterocycles. The van der Waals surface area contributed by atoms with Gasteiger partial charge in [0, 0.05) is 29.4 Å². The summed E-state index contributed by atoms with van der Waals surface area (Å²) in [6, 6.07) is 15.1. The molecule has 0 N–H and O–H groups in total. The lowest BCUT2D eigenvalue weighted by Crippen LogP contribution is -2.31. The van der Waals surface area contributed by atoms with Gasteiger partial charge in [0.1, 0.15) is 0 Å². The van der Waals surface area contributed by atoms with Gasteiger partial charge >= 0.3 is 0 Å². The Kier molecular flexibility index (Phi) is 5.35. The van der Waals surface area contributed by atoms with Gasteiger partial charge in [-0.15, -0.1) is 11.8 Å². The molecule has 8 heteroatoms. The zero-order valence-corrected chi connectivity index (χ0v) is 18.4. The van der Waals surface area contributed by atoms with E-state index in [1.54, 1.807) is 40.6 Å². The van der Waals surface area contributed by atoms with Crippen molar-refractivity contribution in [2.45, 2.75) is 22.9 Å². The quantitative estimate of drug-likeness (QED) is 0.435. The summed E-state index contributed by atoms with van der Waals surface area (Å²) in [5, 5.41) is 1.15. The van der Waals surface area contributed by atoms with Crippen molar-refractivity contribution in [2.24, 2.45) is 0 Å². The van der Waals surface area contributed by atoms with Crippen LogP contribution in [0.25, 0.3) is 5.69 Å². The maximum Gasteiger partial charge on any atom is 0.272 e. The van der Waals surface area contributed by atoms with Crippen molar-refractivity contribution in [3.05, 3.63) is 75.2 Å². The fraction of sp³-hybridized carbons (Fsp3) is 0.227. The summed E-state index contributed by atoms with van der Waals surface area (Å²) in [6.07, 6.45) is 1.65. The van der Waals surface area contributed by atoms with E-state index in [0.29, 0.717) is 27.3 Å². The van der Waals surface area contributed by atoms with E-state index < -0.39 is 0 Å². The van der Waals surface area contributed by atoms with Gasteiger partial charge in [-0.25, -0.2) is 4.98 Å². The third kappa shape index (κ3) is 3.55. The van der Waals surface area contributed by atoms with Gasteiger partial charge in [-0.2, -0.15) is 0 Å². The number of rotatable bonds is 4. The number of hydrogen-bond acceptors (Lipinski definition) is 5. The van der Waals surface area contributed by atoms with E-state index in [1.807, 2.05) is 23.1 Å². The van der Waals surface area contributed by atoms with Gasteiger partial charge in [0.2, 0.25) is 5.91 Å². The number of benzene rings is 2. The molecule has 2 aromatic carbocycles. The van der Waals surface area contributed by atoms with Crippen molar-refractivity contribution < 1.29 is 4.79 Å². The van der Waals surface area contributed by atoms with E-state index in [1.165, 1.54) is 17.3 Å². The molecule has 2 aliphatic heterocycles. The number of para-hydroxylation sites is 1. The molecule has 0 saturated carbocycles. The van der Waals surface area contributed by atoms with Crippen molar-refractivity contribution in [3.8, 4) is 5.69 Å². The number of carbonyl (C=O) groups is 1. The molecule has 30 heavy (non-hydrogen) atoms. The first-order valence-electron chi connectivity index (χ1n) is 9.67. The van der Waals surface area contributed by atoms with E-state index in [0.717, 1.165) is 30.0 Å². The number of nitrogens with zero attached hydrogens (tertiary/aromatic N) is 3. The SMILES string of the molecule is O=C(CSc1nc2c(c(=O)n1-c1ccc(Cl)cc1)SCC2)N1CCc2ccccc21. The molecular weight excluding hydrogens is 438 g/mol. The van der Waals surface area contributed by atoms with Gasteiger partial charge < -0.3 is 4.90 Å². The predicted octanol–water partition coefficient (Wildman–Crippen LogP) is 4.22. The summed E-state index contributed by atoms with van der Waals surface area (Å²) < 4.78 is 1.60. The van der Waals surface area contributed by atoms with Crippen molar-refractivity contribution in [2.75, 3.05) is 23.0 Å². The number of amides is 1. The van der Waals surface area contributed by atoms with Crippen LogP contribution in [0.3, 0.4) is 0 Å². The molecule has 3 heterocycles. The van der Waals surface area contributed by atoms with Crippen molar-refractivity contribution in [1.82, 2.24) is 9.55 Å². The van der Waals surface area contributed by atoms with Gasteiger partial charge in [0.05, 0.1) is 22.0 Å². The highest BCUT2D eigenvalue weighted by atomic mass is 35.5. The van der Waals surface area contributed by atoms with Crippen molar-refractivity contribution in [1.29, 1.82) is 0 Å². The Hall–Kier alpha value is -2.22. The molecule has 0 fully saturated rings. The number of halogens is 1. The number of aromatic nitrogens is 2. The Labute approximate surface area is 187 Å². The number of thioether (sulfide) groups is 2. The lowest BCUT2D eigenvalue weighted by atomic mass is 10.2. The number of fused-ring (bicyclic) bond motifs is 2. The van der Waals surface area contributed by atoms with Crippen LogP contribution in [0.4, 0.5) is 5.69 Å². The molecular formula is C22H18ClN3O2S2. The molecule has 3 aromatic rings. The van der Waals surface area contributed by atoms with Crippen LogP contribution in [0, 0.1) is 0 Å². The van der Waals surface area contributed by atoms with E-state index in [9.17, 15) is 9.59 Å². The zero-order valence-electron chi connectivity index (χ0n) is 16.0. The number of hydrogen-bond donors (Lipinski definition) is 0. The Morgan fingerprint density at radius 2 is 1.93 bits per heavy atom. The third-order valence-electron chi connectivity index (χ3n) is 5.26. The van der Waals surface area contributed by atoms with E-state index in [2.05, 4.69) is 6.07 Å². The smallest absolute Gasteiger partial charge is 0.272 e. The molecule has 1 amide bonds. The second-order valence-electron chi connectivity index (χ2n) is 7.10. The maximum absolute atomic E-state index is 13.2. The fourth-order valence-corrected chi connectivity index (χ4v) is 5.86. The molecule has 5 nitrogen and oxygen atoms in total. The van der Waals surface area contributed by atoms with Crippen LogP contribution in [0.15, 0.2) is 63.4 Å². The first-order chi connectivity index (χ1) is 14.6. The van der Waals surface area contributed by atoms with Crippen LogP contribution >= 0.6 is 35.1 Å². The van der Waals surface area contributed by atoms with Crippen molar-refractivity contribution in [3.63, 3.8) is 0 Å². The summed E-state index contributed by atoms with van der Waals surface area (Å²) in [7, 11) is 0. The monoisotopic (exact) mass is 455 g/mol. The minimum atomic E-state index is -0.0775. The highest BCUT2D eigenvalue weighted by Gasteiger charge is 2.26. The van der Waals surface area contributed by atoms with Gasteiger partial charge in [-0.1, -0.05) is 41.6 Å². The Morgan fingerprint density at radius 3 is 2.77 bits per heavy atom. The van der Waals surface area contributed by atoms with Gasteiger partial charge in [0.15, 0.2) is 5.16 Å². The minimum Gasteiger partial charge on any atom is -0.311 e. The van der Waals surface area contributed by atoms with Crippen LogP contribution in [0.5, 0.6) is 0 Å². The molecule has 152 valence electrons. The molecule has 0 spiro atoms. The lowest BCUT2D eigenvalue weighted by molar-refractivity contribution is -0.116. The summed E-state index contributed by atoms with van der Waals surface area (Å²) in [4.78, 5) is 33.4. The number of carbonyl (C=O) groups excluding carboxylic acids is 1. The van der Waals surface area contributed by atoms with Gasteiger partial charge in [-0.05, 0) is 42.3 Å². The van der Waals surface area contributed by atoms with Crippen LogP contribution in [0.2, 0.25) is 5.02 Å². The highest BCUT2D eigenvalue weighted by Crippen LogP contribution is 2.32. The molecule has 0 saturated heterocycles. The minimum absolute atomic E-state index is 0.0247. The average Bonchev–Trinajstić information content (AvgIpc) is 3.40. The summed E-state index contributed by atoms with van der Waals surface area (Å²) >= 11 is 8.89. The van der Waals surface area contributed by atoms with Gasteiger partial charge in [-0.3, -0.25) is 14.2 Å². The molecule has 0 unspecified atom stereocenters. The number of anilines is 1. The Bertz CT molecular complexity index is 1190. The second kappa shape index (κ2) is 8.13. The molecule has 0 aliphatic carbocycles. The molecule has 0 radical (unpaired) electrons. The van der Waals surface area contributed by atoms with Crippen molar-refractivity contribution >= 4 is 46.7 Å². The van der Waals surface area contributed by atoms with Crippen LogP contribution in [-0.4, -0.2) is 33.5 Å². The molecule has 5 rings (SSSR count). The molecule has 0 bridgehead atoms. The standard InChI is InChI=1S/C22H18ClN3O2S2/c23-15-5-7-16(8-6-15)26-21(28)20-17(10-12-29-20)24-22(26)30-13-19(27)25-11-9-14-3-1-2-4-18(14)25/h1-8H,9-13H2. The van der Waals surface area contributed by atoms with E-state index in [-0.39, 0.29) is 17.2 Å². The highest BCUT2D eigenvalue weighted by molar-refractivity contribution is 8.00. The van der Waals surface area contributed by atoms with Crippen LogP contribution in [0.1, 0.15) is 11.3 Å². The average molecular weight is 456 g/mol. The lowest BCUT2D eigenvalue weighted by Gasteiger charge is -2.18. The fourth-order valence-electron chi connectivity index (χ4n) is 3.81. The topological polar surface area (TPSA) is 55.2 Å². The van der Waals surface area contributed by atoms with Gasteiger partial charge in [0.25, 0.3) is 5.56 Å². The largest absolute Gasteiger partial charge is 0.311 e. The first kappa shape index (κ1) is 19.7. The summed E-state index contributed by atoms with van der Waals surface area (Å²) in [5.74, 6) is 1.10. The van der Waals surface area contributed by atoms with E-state index >= 15 is 0 Å². The third-order valence-corrected chi connectivity index (χ3v) is 7.55. The normalized spacial score (nSPS) is 14.6. The maximum atomic E-state index is 13.2. The second-order valence-corrected chi connectivity index (χ2v) is 9.58. The van der Waals surface area contributed by atoms with Crippen LogP contribution in [-0.2, 0) is 17.6 Å². The predicted molar refractivity (Wildman–Crippen MR) is 122 cm³/mol. The zero-order chi connectivity index (χ0) is 20.7. The van der Waals surface area contributed by atoms with E-state index in [4.69, 9.17) is 16.6 Å². The van der Waals surface area contributed by atoms with Crippen LogP contribution < -0.4 is 10.5 Å².